The van der Waals surface area contributed by atoms with E-state index < -0.39 is 19.9 Å². The molecule has 0 unspecified atom stereocenters. The van der Waals surface area contributed by atoms with Gasteiger partial charge in [-0.1, -0.05) is 43.9 Å². The molecule has 0 saturated heterocycles. The van der Waals surface area contributed by atoms with Gasteiger partial charge in [-0.05, 0) is 30.0 Å². The van der Waals surface area contributed by atoms with Crippen LogP contribution in [0.3, 0.4) is 0 Å². The average Bonchev–Trinajstić information content (AvgIpc) is 3.73. The van der Waals surface area contributed by atoms with E-state index in [2.05, 4.69) is 34.6 Å². The first-order valence-corrected chi connectivity index (χ1v) is 19.5. The number of imidazole rings is 1. The Bertz CT molecular complexity index is 1910. The van der Waals surface area contributed by atoms with Crippen LogP contribution in [0.25, 0.3) is 33.8 Å². The summed E-state index contributed by atoms with van der Waals surface area (Å²) in [6, 6.07) is 8.04. The summed E-state index contributed by atoms with van der Waals surface area (Å²) in [5.41, 5.74) is 9.44. The zero-order valence-electron chi connectivity index (χ0n) is 27.6. The minimum atomic E-state index is -4.53. The first-order chi connectivity index (χ1) is 22.9. The quantitative estimate of drug-likeness (QED) is 0.109. The molecule has 15 heteroatoms. The highest BCUT2D eigenvalue weighted by molar-refractivity contribution is 6.76. The number of hydrogen-bond acceptors (Lipinski definition) is 9. The number of ether oxygens (including phenoxy) is 3. The Morgan fingerprint density at radius 1 is 1.00 bits per heavy atom. The van der Waals surface area contributed by atoms with E-state index in [1.807, 2.05) is 10.8 Å². The SMILES string of the molecule is COc1ncnc(C2CC2)c1-c1nc(OCc2ccc(-c3nc(C(F)(F)F)cn3C)cc2)c2c(CN)cn(COCC[Si](C)(C)C)c2n1. The van der Waals surface area contributed by atoms with Crippen molar-refractivity contribution >= 4 is 19.1 Å². The number of alkyl halides is 3. The predicted molar refractivity (Wildman–Crippen MR) is 177 cm³/mol. The predicted octanol–water partition coefficient (Wildman–Crippen LogP) is 6.54. The van der Waals surface area contributed by atoms with Crippen LogP contribution in [0, 0.1) is 0 Å². The highest BCUT2D eigenvalue weighted by atomic mass is 28.3. The van der Waals surface area contributed by atoms with Crippen LogP contribution in [0.4, 0.5) is 13.2 Å². The molecule has 11 nitrogen and oxygen atoms in total. The van der Waals surface area contributed by atoms with E-state index in [-0.39, 0.29) is 31.6 Å². The maximum absolute atomic E-state index is 13.2. The van der Waals surface area contributed by atoms with Crippen LogP contribution in [-0.2, 0) is 37.8 Å². The molecule has 1 fully saturated rings. The molecule has 4 heterocycles. The highest BCUT2D eigenvalue weighted by Crippen LogP contribution is 2.45. The summed E-state index contributed by atoms with van der Waals surface area (Å²) in [5.74, 6) is 1.54. The molecule has 6 rings (SSSR count). The lowest BCUT2D eigenvalue weighted by Crippen LogP contribution is -2.22. The zero-order chi connectivity index (χ0) is 34.2. The molecule has 0 bridgehead atoms. The Labute approximate surface area is 277 Å². The van der Waals surface area contributed by atoms with Crippen molar-refractivity contribution in [2.24, 2.45) is 12.8 Å². The van der Waals surface area contributed by atoms with Crippen LogP contribution in [0.1, 0.15) is 41.3 Å². The van der Waals surface area contributed by atoms with Crippen molar-refractivity contribution in [2.45, 2.75) is 70.5 Å². The number of nitrogens with zero attached hydrogens (tertiary/aromatic N) is 7. The van der Waals surface area contributed by atoms with Crippen LogP contribution in [-0.4, -0.2) is 55.8 Å². The van der Waals surface area contributed by atoms with Crippen molar-refractivity contribution in [1.82, 2.24) is 34.1 Å². The molecule has 1 saturated carbocycles. The molecule has 254 valence electrons. The topological polar surface area (TPSA) is 128 Å². The van der Waals surface area contributed by atoms with Gasteiger partial charge < -0.3 is 29.1 Å². The van der Waals surface area contributed by atoms with Gasteiger partial charge in [0.15, 0.2) is 11.5 Å². The van der Waals surface area contributed by atoms with E-state index in [9.17, 15) is 13.2 Å². The van der Waals surface area contributed by atoms with Crippen molar-refractivity contribution in [2.75, 3.05) is 13.7 Å². The molecule has 1 aromatic carbocycles. The summed E-state index contributed by atoms with van der Waals surface area (Å²) in [4.78, 5) is 22.6. The van der Waals surface area contributed by atoms with Gasteiger partial charge in [0, 0.05) is 52.1 Å². The van der Waals surface area contributed by atoms with Crippen LogP contribution in [0.5, 0.6) is 11.8 Å². The average molecular weight is 681 g/mol. The normalized spacial score (nSPS) is 13.8. The number of aryl methyl sites for hydroxylation is 1. The van der Waals surface area contributed by atoms with Gasteiger partial charge in [-0.15, -0.1) is 0 Å². The summed E-state index contributed by atoms with van der Waals surface area (Å²) in [5, 5.41) is 0.670. The molecule has 0 amide bonds. The van der Waals surface area contributed by atoms with Crippen LogP contribution in [0.2, 0.25) is 25.7 Å². The Hall–Kier alpha value is -4.34. The summed E-state index contributed by atoms with van der Waals surface area (Å²) in [7, 11) is 1.80. The Morgan fingerprint density at radius 3 is 2.38 bits per heavy atom. The minimum Gasteiger partial charge on any atom is -0.480 e. The number of nitrogens with two attached hydrogens (primary N) is 1. The first kappa shape index (κ1) is 33.6. The number of methoxy groups -OCH3 is 1. The third kappa shape index (κ3) is 7.22. The van der Waals surface area contributed by atoms with Gasteiger partial charge in [0.25, 0.3) is 0 Å². The van der Waals surface area contributed by atoms with Gasteiger partial charge in [0.05, 0.1) is 18.2 Å². The van der Waals surface area contributed by atoms with Gasteiger partial charge >= 0.3 is 6.18 Å². The Morgan fingerprint density at radius 2 is 1.75 bits per heavy atom. The molecule has 0 spiro atoms. The number of halogens is 3. The van der Waals surface area contributed by atoms with Crippen molar-refractivity contribution in [1.29, 1.82) is 0 Å². The third-order valence-corrected chi connectivity index (χ3v) is 9.89. The molecule has 5 aromatic rings. The maximum Gasteiger partial charge on any atom is 0.434 e. The fourth-order valence-electron chi connectivity index (χ4n) is 5.43. The summed E-state index contributed by atoms with van der Waals surface area (Å²) < 4.78 is 61.1. The second kappa shape index (κ2) is 13.3. The monoisotopic (exact) mass is 680 g/mol. The van der Waals surface area contributed by atoms with Gasteiger partial charge in [0.1, 0.15) is 36.7 Å². The molecule has 1 aliphatic carbocycles. The van der Waals surface area contributed by atoms with Crippen molar-refractivity contribution in [3.05, 3.63) is 65.5 Å². The van der Waals surface area contributed by atoms with E-state index in [0.29, 0.717) is 46.4 Å². The molecule has 0 atom stereocenters. The summed E-state index contributed by atoms with van der Waals surface area (Å²) in [6.07, 6.45) is 1.87. The number of hydrogen-bond donors (Lipinski definition) is 1. The van der Waals surface area contributed by atoms with E-state index in [0.717, 1.165) is 41.9 Å². The van der Waals surface area contributed by atoms with Crippen LogP contribution in [0.15, 0.2) is 43.0 Å². The standard InChI is InChI=1S/C33H39F3N8O3Si/c1-43-16-24(33(34,35)36)40-29(43)22-8-6-20(7-9-22)17-47-32-25-23(14-37)15-44(19-46-12-13-48(3,4)5)30(25)41-28(42-32)26-27(21-10-11-21)38-18-39-31(26)45-2/h6-9,15-16,18,21H,10-14,17,19,37H2,1-5H3. The van der Waals surface area contributed by atoms with E-state index in [1.54, 1.807) is 31.4 Å². The summed E-state index contributed by atoms with van der Waals surface area (Å²) >= 11 is 0. The Balaban J connectivity index is 1.36. The second-order valence-electron chi connectivity index (χ2n) is 13.2. The zero-order valence-corrected chi connectivity index (χ0v) is 28.6. The molecular formula is C33H39F3N8O3Si. The van der Waals surface area contributed by atoms with Crippen molar-refractivity contribution in [3.63, 3.8) is 0 Å². The lowest BCUT2D eigenvalue weighted by atomic mass is 10.1. The van der Waals surface area contributed by atoms with Gasteiger partial charge in [-0.3, -0.25) is 0 Å². The lowest BCUT2D eigenvalue weighted by molar-refractivity contribution is -0.140. The largest absolute Gasteiger partial charge is 0.480 e. The van der Waals surface area contributed by atoms with Crippen LogP contribution >= 0.6 is 0 Å². The molecule has 48 heavy (non-hydrogen) atoms. The minimum absolute atomic E-state index is 0.125. The van der Waals surface area contributed by atoms with Gasteiger partial charge in [-0.2, -0.15) is 18.2 Å². The van der Waals surface area contributed by atoms with E-state index in [1.165, 1.54) is 17.9 Å². The maximum atomic E-state index is 13.2. The fourth-order valence-corrected chi connectivity index (χ4v) is 6.19. The first-order valence-electron chi connectivity index (χ1n) is 15.8. The van der Waals surface area contributed by atoms with Crippen molar-refractivity contribution in [3.8, 4) is 34.5 Å². The summed E-state index contributed by atoms with van der Waals surface area (Å²) in [6.45, 7) is 8.17. The molecular weight excluding hydrogens is 641 g/mol. The molecule has 2 N–H and O–H groups in total. The van der Waals surface area contributed by atoms with Crippen molar-refractivity contribution < 1.29 is 27.4 Å². The van der Waals surface area contributed by atoms with Crippen LogP contribution < -0.4 is 15.2 Å². The highest BCUT2D eigenvalue weighted by Gasteiger charge is 2.35. The van der Waals surface area contributed by atoms with E-state index in [4.69, 9.17) is 29.9 Å². The number of benzene rings is 1. The van der Waals surface area contributed by atoms with Gasteiger partial charge in [-0.25, -0.2) is 19.9 Å². The fraction of sp³-hybridized carbons (Fsp3) is 0.424. The second-order valence-corrected chi connectivity index (χ2v) is 18.8. The van der Waals surface area contributed by atoms with E-state index >= 15 is 0 Å². The number of aromatic nitrogens is 7. The molecule has 0 radical (unpaired) electrons. The third-order valence-electron chi connectivity index (χ3n) is 8.19. The molecule has 4 aromatic heterocycles. The number of rotatable bonds is 13. The lowest BCUT2D eigenvalue weighted by Gasteiger charge is -2.16. The molecule has 0 aliphatic heterocycles. The number of fused-ring (bicyclic) bond motifs is 1. The van der Waals surface area contributed by atoms with Gasteiger partial charge in [0.2, 0.25) is 11.8 Å². The smallest absolute Gasteiger partial charge is 0.434 e. The Kier molecular flexibility index (Phi) is 9.28. The molecule has 1 aliphatic rings.